The Balaban J connectivity index is 1.54. The number of piperazine rings is 1. The van der Waals surface area contributed by atoms with Crippen LogP contribution in [0, 0.1) is 0 Å². The fourth-order valence-corrected chi connectivity index (χ4v) is 2.82. The average Bonchev–Trinajstić information content (AvgIpc) is 2.65. The molecule has 1 aliphatic rings. The summed E-state index contributed by atoms with van der Waals surface area (Å²) in [5.74, 6) is 0. The minimum atomic E-state index is 0.751. The monoisotopic (exact) mass is 331 g/mol. The van der Waals surface area contributed by atoms with Gasteiger partial charge in [-0.2, -0.15) is 0 Å². The van der Waals surface area contributed by atoms with Gasteiger partial charge >= 0.3 is 0 Å². The first-order valence-electron chi connectivity index (χ1n) is 8.66. The largest absolute Gasteiger partial charge is 0.399 e. The zero-order valence-electron chi connectivity index (χ0n) is 14.7. The molecule has 0 amide bonds. The van der Waals surface area contributed by atoms with Gasteiger partial charge in [0.1, 0.15) is 7.11 Å². The lowest BCUT2D eigenvalue weighted by Crippen LogP contribution is -2.47. The van der Waals surface area contributed by atoms with E-state index in [1.54, 1.807) is 13.2 Å². The van der Waals surface area contributed by atoms with Crippen LogP contribution in [-0.4, -0.2) is 63.7 Å². The minimum Gasteiger partial charge on any atom is -0.399 e. The highest BCUT2D eigenvalue weighted by atomic mass is 16.6. The van der Waals surface area contributed by atoms with Crippen molar-refractivity contribution >= 4 is 11.4 Å². The first-order valence-corrected chi connectivity index (χ1v) is 8.66. The van der Waals surface area contributed by atoms with Gasteiger partial charge in [0, 0.05) is 45.0 Å². The molecular formula is C19H29N3O2. The highest BCUT2D eigenvalue weighted by Crippen LogP contribution is 2.15. The number of hydrogen-bond acceptors (Lipinski definition) is 5. The van der Waals surface area contributed by atoms with E-state index in [-0.39, 0.29) is 0 Å². The summed E-state index contributed by atoms with van der Waals surface area (Å²) in [5, 5.41) is 3.90. The predicted octanol–water partition coefficient (Wildman–Crippen LogP) is 2.79. The third kappa shape index (κ3) is 6.34. The number of benzene rings is 1. The molecule has 0 bridgehead atoms. The van der Waals surface area contributed by atoms with Crippen LogP contribution in [-0.2, 0) is 9.57 Å². The van der Waals surface area contributed by atoms with Crippen molar-refractivity contribution in [2.24, 2.45) is 5.16 Å². The van der Waals surface area contributed by atoms with Crippen LogP contribution >= 0.6 is 0 Å². The summed E-state index contributed by atoms with van der Waals surface area (Å²) in [6.45, 7) is 10.6. The molecule has 132 valence electrons. The number of para-hydroxylation sites is 1. The Morgan fingerprint density at radius 3 is 2.58 bits per heavy atom. The predicted molar refractivity (Wildman–Crippen MR) is 99.8 cm³/mol. The average molecular weight is 331 g/mol. The molecule has 0 atom stereocenters. The lowest BCUT2D eigenvalue weighted by atomic mass is 10.2. The van der Waals surface area contributed by atoms with Crippen LogP contribution in [0.4, 0.5) is 5.69 Å². The van der Waals surface area contributed by atoms with Gasteiger partial charge in [-0.25, -0.2) is 0 Å². The first-order chi connectivity index (χ1) is 11.8. The zero-order chi connectivity index (χ0) is 17.0. The van der Waals surface area contributed by atoms with Gasteiger partial charge in [0.25, 0.3) is 0 Å². The van der Waals surface area contributed by atoms with Gasteiger partial charge in [-0.05, 0) is 31.1 Å². The second-order valence-corrected chi connectivity index (χ2v) is 5.85. The maximum absolute atomic E-state index is 5.74. The number of ether oxygens (including phenoxy) is 1. The van der Waals surface area contributed by atoms with Crippen molar-refractivity contribution in [2.75, 3.05) is 57.9 Å². The number of nitrogens with zero attached hydrogens (tertiary/aromatic N) is 3. The van der Waals surface area contributed by atoms with Gasteiger partial charge in [-0.3, -0.25) is 4.90 Å². The van der Waals surface area contributed by atoms with Crippen LogP contribution in [0.3, 0.4) is 0 Å². The van der Waals surface area contributed by atoms with Crippen LogP contribution in [0.15, 0.2) is 48.1 Å². The molecule has 0 unspecified atom stereocenters. The molecule has 1 heterocycles. The van der Waals surface area contributed by atoms with E-state index >= 15 is 0 Å². The summed E-state index contributed by atoms with van der Waals surface area (Å²) < 4.78 is 5.74. The standard InChI is InChI=1S/C19H29N3O2/c1-3-18(20-23-2)8-7-16-24-17-15-21-11-13-22(14-12-21)19-9-5-4-6-10-19/h3-6,9-10H,1,7-8,11-17H2,2H3/b20-18+. The van der Waals surface area contributed by atoms with Crippen LogP contribution in [0.1, 0.15) is 12.8 Å². The van der Waals surface area contributed by atoms with E-state index < -0.39 is 0 Å². The van der Waals surface area contributed by atoms with Crippen LogP contribution in [0.25, 0.3) is 0 Å². The van der Waals surface area contributed by atoms with E-state index in [1.807, 2.05) is 0 Å². The maximum atomic E-state index is 5.74. The van der Waals surface area contributed by atoms with Gasteiger partial charge in [0.2, 0.25) is 0 Å². The topological polar surface area (TPSA) is 37.3 Å². The molecule has 5 heteroatoms. The third-order valence-corrected chi connectivity index (χ3v) is 4.21. The molecule has 1 aromatic rings. The minimum absolute atomic E-state index is 0.751. The molecule has 0 saturated carbocycles. The molecule has 2 rings (SSSR count). The normalized spacial score (nSPS) is 16.2. The lowest BCUT2D eigenvalue weighted by molar-refractivity contribution is 0.100. The van der Waals surface area contributed by atoms with Crippen LogP contribution < -0.4 is 4.90 Å². The Labute approximate surface area is 145 Å². The van der Waals surface area contributed by atoms with Crippen molar-refractivity contribution in [1.82, 2.24) is 4.90 Å². The highest BCUT2D eigenvalue weighted by Gasteiger charge is 2.16. The number of hydrogen-bond donors (Lipinski definition) is 0. The SMILES string of the molecule is C=C/C(CCCOCCN1CCN(c2ccccc2)CC1)=N\OC. The molecule has 1 saturated heterocycles. The lowest BCUT2D eigenvalue weighted by Gasteiger charge is -2.36. The molecule has 0 aromatic heterocycles. The molecule has 5 nitrogen and oxygen atoms in total. The fourth-order valence-electron chi connectivity index (χ4n) is 2.82. The van der Waals surface area contributed by atoms with Gasteiger partial charge in [0.05, 0.1) is 12.3 Å². The Hall–Kier alpha value is -1.85. The van der Waals surface area contributed by atoms with E-state index in [0.29, 0.717) is 0 Å². The van der Waals surface area contributed by atoms with Crippen molar-refractivity contribution < 1.29 is 9.57 Å². The molecule has 0 N–H and O–H groups in total. The van der Waals surface area contributed by atoms with E-state index in [1.165, 1.54) is 5.69 Å². The van der Waals surface area contributed by atoms with Crippen LogP contribution in [0.5, 0.6) is 0 Å². The van der Waals surface area contributed by atoms with E-state index in [2.05, 4.69) is 51.9 Å². The van der Waals surface area contributed by atoms with Crippen LogP contribution in [0.2, 0.25) is 0 Å². The first kappa shape index (κ1) is 18.5. The fraction of sp³-hybridized carbons (Fsp3) is 0.526. The molecule has 0 radical (unpaired) electrons. The van der Waals surface area contributed by atoms with E-state index in [4.69, 9.17) is 9.57 Å². The molecule has 24 heavy (non-hydrogen) atoms. The van der Waals surface area contributed by atoms with Gasteiger partial charge < -0.3 is 14.5 Å². The Morgan fingerprint density at radius 2 is 1.92 bits per heavy atom. The number of oxime groups is 1. The Bertz CT molecular complexity index is 497. The molecule has 0 aliphatic carbocycles. The summed E-state index contributed by atoms with van der Waals surface area (Å²) >= 11 is 0. The Kier molecular flexibility index (Phi) is 8.35. The van der Waals surface area contributed by atoms with Gasteiger partial charge in [-0.15, -0.1) is 0 Å². The number of rotatable bonds is 10. The third-order valence-electron chi connectivity index (χ3n) is 4.21. The summed E-state index contributed by atoms with van der Waals surface area (Å²) in [6.07, 6.45) is 3.51. The smallest absolute Gasteiger partial charge is 0.106 e. The van der Waals surface area contributed by atoms with Crippen molar-refractivity contribution in [1.29, 1.82) is 0 Å². The van der Waals surface area contributed by atoms with Crippen molar-refractivity contribution in [2.45, 2.75) is 12.8 Å². The molecule has 1 aliphatic heterocycles. The molecule has 1 fully saturated rings. The highest BCUT2D eigenvalue weighted by molar-refractivity contribution is 5.93. The molecule has 1 aromatic carbocycles. The number of allylic oxidation sites excluding steroid dienone is 1. The van der Waals surface area contributed by atoms with E-state index in [0.717, 1.165) is 64.5 Å². The van der Waals surface area contributed by atoms with Gasteiger partial charge in [0.15, 0.2) is 0 Å². The van der Waals surface area contributed by atoms with E-state index in [9.17, 15) is 0 Å². The Morgan fingerprint density at radius 1 is 1.17 bits per heavy atom. The second kappa shape index (κ2) is 10.8. The number of anilines is 1. The summed E-state index contributed by atoms with van der Waals surface area (Å²) in [4.78, 5) is 9.68. The van der Waals surface area contributed by atoms with Crippen molar-refractivity contribution in [3.63, 3.8) is 0 Å². The summed E-state index contributed by atoms with van der Waals surface area (Å²) in [7, 11) is 1.55. The molecule has 0 spiro atoms. The molecular weight excluding hydrogens is 302 g/mol. The van der Waals surface area contributed by atoms with Gasteiger partial charge in [-0.1, -0.05) is 29.9 Å². The quantitative estimate of drug-likeness (QED) is 0.375. The summed E-state index contributed by atoms with van der Waals surface area (Å²) in [5.41, 5.74) is 2.20. The van der Waals surface area contributed by atoms with Crippen molar-refractivity contribution in [3.8, 4) is 0 Å². The van der Waals surface area contributed by atoms with Crippen molar-refractivity contribution in [3.05, 3.63) is 43.0 Å². The maximum Gasteiger partial charge on any atom is 0.106 e. The summed E-state index contributed by atoms with van der Waals surface area (Å²) in [6, 6.07) is 10.6. The second-order valence-electron chi connectivity index (χ2n) is 5.85. The zero-order valence-corrected chi connectivity index (χ0v) is 14.7.